The summed E-state index contributed by atoms with van der Waals surface area (Å²) in [5.41, 5.74) is 1.38. The Morgan fingerprint density at radius 1 is 1.22 bits per heavy atom. The molecule has 0 bridgehead atoms. The van der Waals surface area contributed by atoms with Gasteiger partial charge in [-0.3, -0.25) is 4.90 Å². The van der Waals surface area contributed by atoms with Gasteiger partial charge < -0.3 is 0 Å². The maximum atomic E-state index is 11.4. The van der Waals surface area contributed by atoms with Crippen molar-refractivity contribution in [3.05, 3.63) is 21.4 Å². The number of rotatable bonds is 3. The minimum Gasteiger partial charge on any atom is -0.296 e. The minimum atomic E-state index is -3.02. The number of hydrogen-bond donors (Lipinski definition) is 0. The van der Waals surface area contributed by atoms with E-state index < -0.39 is 10.0 Å². The molecule has 0 aromatic carbocycles. The number of hydrogen-bond acceptors (Lipinski definition) is 4. The Labute approximate surface area is 113 Å². The fourth-order valence-electron chi connectivity index (χ4n) is 2.30. The first kappa shape index (κ1) is 14.0. The maximum absolute atomic E-state index is 11.4. The van der Waals surface area contributed by atoms with Crippen molar-refractivity contribution < 1.29 is 8.42 Å². The molecule has 0 amide bonds. The van der Waals surface area contributed by atoms with E-state index in [0.717, 1.165) is 19.6 Å². The van der Waals surface area contributed by atoms with Crippen LogP contribution in [0.4, 0.5) is 0 Å². The molecule has 0 aliphatic carbocycles. The summed E-state index contributed by atoms with van der Waals surface area (Å²) in [6.07, 6.45) is 1.29. The van der Waals surface area contributed by atoms with Crippen LogP contribution < -0.4 is 0 Å². The van der Waals surface area contributed by atoms with Crippen molar-refractivity contribution in [3.63, 3.8) is 0 Å². The Kier molecular flexibility index (Phi) is 4.11. The lowest BCUT2D eigenvalue weighted by Gasteiger charge is -2.33. The van der Waals surface area contributed by atoms with Crippen molar-refractivity contribution in [3.8, 4) is 0 Å². The number of piperazine rings is 1. The summed E-state index contributed by atoms with van der Waals surface area (Å²) in [6.45, 7) is 8.08. The third-order valence-electron chi connectivity index (χ3n) is 3.34. The third kappa shape index (κ3) is 3.32. The van der Waals surface area contributed by atoms with Crippen LogP contribution in [-0.2, 0) is 16.6 Å². The predicted octanol–water partition coefficient (Wildman–Crippen LogP) is 1.44. The standard InChI is InChI=1S/C12H20N2O2S2/c1-10-8-12(11(2)17-10)9-13-4-6-14(7-5-13)18(3,15)16/h8H,4-7,9H2,1-3H3. The van der Waals surface area contributed by atoms with E-state index in [1.807, 2.05) is 11.3 Å². The molecule has 0 saturated carbocycles. The van der Waals surface area contributed by atoms with Gasteiger partial charge in [0.05, 0.1) is 6.26 Å². The molecule has 4 nitrogen and oxygen atoms in total. The molecule has 102 valence electrons. The lowest BCUT2D eigenvalue weighted by molar-refractivity contribution is 0.182. The normalized spacial score (nSPS) is 19.3. The zero-order valence-electron chi connectivity index (χ0n) is 11.1. The summed E-state index contributed by atoms with van der Waals surface area (Å²) in [5.74, 6) is 0. The molecule has 0 spiro atoms. The van der Waals surface area contributed by atoms with Crippen LogP contribution in [0.25, 0.3) is 0 Å². The van der Waals surface area contributed by atoms with Gasteiger partial charge in [0.25, 0.3) is 0 Å². The quantitative estimate of drug-likeness (QED) is 0.845. The van der Waals surface area contributed by atoms with E-state index in [2.05, 4.69) is 24.8 Å². The van der Waals surface area contributed by atoms with Gasteiger partial charge in [0.2, 0.25) is 10.0 Å². The van der Waals surface area contributed by atoms with Gasteiger partial charge in [-0.05, 0) is 25.5 Å². The molecule has 1 aliphatic rings. The zero-order valence-corrected chi connectivity index (χ0v) is 12.8. The summed E-state index contributed by atoms with van der Waals surface area (Å²) in [5, 5.41) is 0. The Bertz CT molecular complexity index is 514. The van der Waals surface area contributed by atoms with Crippen LogP contribution in [0.5, 0.6) is 0 Å². The van der Waals surface area contributed by atoms with Crippen LogP contribution in [0.2, 0.25) is 0 Å². The molecule has 1 aromatic heterocycles. The lowest BCUT2D eigenvalue weighted by atomic mass is 10.2. The summed E-state index contributed by atoms with van der Waals surface area (Å²) >= 11 is 1.83. The lowest BCUT2D eigenvalue weighted by Crippen LogP contribution is -2.47. The second-order valence-corrected chi connectivity index (χ2v) is 8.32. The van der Waals surface area contributed by atoms with E-state index in [1.54, 1.807) is 4.31 Å². The summed E-state index contributed by atoms with van der Waals surface area (Å²) in [4.78, 5) is 5.05. The van der Waals surface area contributed by atoms with Crippen LogP contribution in [0.15, 0.2) is 6.07 Å². The minimum absolute atomic E-state index is 0.612. The third-order valence-corrected chi connectivity index (χ3v) is 5.65. The largest absolute Gasteiger partial charge is 0.296 e. The Morgan fingerprint density at radius 3 is 2.28 bits per heavy atom. The van der Waals surface area contributed by atoms with Gasteiger partial charge in [0, 0.05) is 42.5 Å². The Balaban J connectivity index is 1.93. The van der Waals surface area contributed by atoms with Crippen LogP contribution in [0.3, 0.4) is 0 Å². The molecule has 0 radical (unpaired) electrons. The molecular weight excluding hydrogens is 268 g/mol. The number of nitrogens with zero attached hydrogens (tertiary/aromatic N) is 2. The molecule has 2 rings (SSSR count). The molecule has 0 atom stereocenters. The van der Waals surface area contributed by atoms with Gasteiger partial charge in [-0.25, -0.2) is 8.42 Å². The summed E-state index contributed by atoms with van der Waals surface area (Å²) in [6, 6.07) is 2.24. The van der Waals surface area contributed by atoms with E-state index in [4.69, 9.17) is 0 Å². The van der Waals surface area contributed by atoms with E-state index in [0.29, 0.717) is 13.1 Å². The molecular formula is C12H20N2O2S2. The molecule has 1 fully saturated rings. The molecule has 18 heavy (non-hydrogen) atoms. The monoisotopic (exact) mass is 288 g/mol. The van der Waals surface area contributed by atoms with Gasteiger partial charge in [-0.1, -0.05) is 0 Å². The summed E-state index contributed by atoms with van der Waals surface area (Å²) < 4.78 is 24.4. The van der Waals surface area contributed by atoms with E-state index >= 15 is 0 Å². The second kappa shape index (κ2) is 5.28. The predicted molar refractivity (Wildman–Crippen MR) is 75.5 cm³/mol. The topological polar surface area (TPSA) is 40.6 Å². The van der Waals surface area contributed by atoms with Crippen molar-refractivity contribution in [2.75, 3.05) is 32.4 Å². The van der Waals surface area contributed by atoms with Crippen molar-refractivity contribution >= 4 is 21.4 Å². The first-order valence-electron chi connectivity index (χ1n) is 6.09. The van der Waals surface area contributed by atoms with Crippen molar-refractivity contribution in [2.24, 2.45) is 0 Å². The van der Waals surface area contributed by atoms with E-state index in [1.165, 1.54) is 21.6 Å². The van der Waals surface area contributed by atoms with Gasteiger partial charge >= 0.3 is 0 Å². The van der Waals surface area contributed by atoms with E-state index in [-0.39, 0.29) is 0 Å². The number of sulfonamides is 1. The maximum Gasteiger partial charge on any atom is 0.211 e. The Morgan fingerprint density at radius 2 is 1.83 bits per heavy atom. The fourth-order valence-corrected chi connectivity index (χ4v) is 4.07. The molecule has 0 N–H and O–H groups in total. The van der Waals surface area contributed by atoms with E-state index in [9.17, 15) is 8.42 Å². The summed E-state index contributed by atoms with van der Waals surface area (Å²) in [7, 11) is -3.02. The first-order valence-corrected chi connectivity index (χ1v) is 8.76. The van der Waals surface area contributed by atoms with Gasteiger partial charge in [0.15, 0.2) is 0 Å². The van der Waals surface area contributed by atoms with Crippen molar-refractivity contribution in [1.82, 2.24) is 9.21 Å². The molecule has 1 aliphatic heterocycles. The smallest absolute Gasteiger partial charge is 0.211 e. The van der Waals surface area contributed by atoms with Gasteiger partial charge in [0.1, 0.15) is 0 Å². The molecule has 1 aromatic rings. The molecule has 6 heteroatoms. The number of aryl methyl sites for hydroxylation is 2. The van der Waals surface area contributed by atoms with Gasteiger partial charge in [-0.2, -0.15) is 4.31 Å². The van der Waals surface area contributed by atoms with Crippen LogP contribution >= 0.6 is 11.3 Å². The molecule has 0 unspecified atom stereocenters. The highest BCUT2D eigenvalue weighted by atomic mass is 32.2. The van der Waals surface area contributed by atoms with Gasteiger partial charge in [-0.15, -0.1) is 11.3 Å². The zero-order chi connectivity index (χ0) is 13.3. The average molecular weight is 288 g/mol. The molecule has 1 saturated heterocycles. The Hall–Kier alpha value is -0.430. The first-order chi connectivity index (χ1) is 8.36. The SMILES string of the molecule is Cc1cc(CN2CCN(S(C)(=O)=O)CC2)c(C)s1. The highest BCUT2D eigenvalue weighted by Gasteiger charge is 2.23. The highest BCUT2D eigenvalue weighted by molar-refractivity contribution is 7.88. The number of thiophene rings is 1. The van der Waals surface area contributed by atoms with Crippen LogP contribution in [-0.4, -0.2) is 50.1 Å². The van der Waals surface area contributed by atoms with Crippen molar-refractivity contribution in [2.45, 2.75) is 20.4 Å². The van der Waals surface area contributed by atoms with Crippen LogP contribution in [0.1, 0.15) is 15.3 Å². The molecule has 2 heterocycles. The van der Waals surface area contributed by atoms with Crippen molar-refractivity contribution in [1.29, 1.82) is 0 Å². The average Bonchev–Trinajstić information content (AvgIpc) is 2.57. The van der Waals surface area contributed by atoms with Crippen LogP contribution in [0, 0.1) is 13.8 Å². The highest BCUT2D eigenvalue weighted by Crippen LogP contribution is 2.22. The fraction of sp³-hybridized carbons (Fsp3) is 0.667. The second-order valence-electron chi connectivity index (χ2n) is 4.88.